The molecule has 5 nitrogen and oxygen atoms in total. The number of aromatic nitrogens is 4. The minimum absolute atomic E-state index is 0.212. The predicted molar refractivity (Wildman–Crippen MR) is 73.3 cm³/mol. The lowest BCUT2D eigenvalue weighted by Gasteiger charge is -2.20. The lowest BCUT2D eigenvalue weighted by atomic mass is 9.89. The Labute approximate surface area is 113 Å². The van der Waals surface area contributed by atoms with Crippen molar-refractivity contribution in [2.75, 3.05) is 0 Å². The highest BCUT2D eigenvalue weighted by Gasteiger charge is 2.16. The fourth-order valence-corrected chi connectivity index (χ4v) is 1.82. The molecule has 102 valence electrons. The summed E-state index contributed by atoms with van der Waals surface area (Å²) in [6.45, 7) is 6.49. The Bertz CT molecular complexity index is 516. The van der Waals surface area contributed by atoms with Crippen LogP contribution in [0.4, 0.5) is 0 Å². The molecule has 0 aliphatic heterocycles. The summed E-state index contributed by atoms with van der Waals surface area (Å²) in [5, 5.41) is 16.8. The zero-order chi connectivity index (χ0) is 13.9. The molecule has 0 saturated heterocycles. The van der Waals surface area contributed by atoms with E-state index in [-0.39, 0.29) is 5.41 Å². The molecule has 0 unspecified atom stereocenters. The first-order valence-electron chi connectivity index (χ1n) is 6.46. The number of hydrogen-bond acceptors (Lipinski definition) is 4. The Morgan fingerprint density at radius 2 is 2.11 bits per heavy atom. The van der Waals surface area contributed by atoms with Gasteiger partial charge in [-0.2, -0.15) is 5.10 Å². The van der Waals surface area contributed by atoms with E-state index in [0.717, 1.165) is 6.42 Å². The molecule has 0 fully saturated rings. The molecule has 0 aromatic carbocycles. The maximum Gasteiger partial charge on any atom is 0.174 e. The number of rotatable bonds is 4. The number of aromatic amines is 1. The summed E-state index contributed by atoms with van der Waals surface area (Å²) in [6.07, 6.45) is 2.56. The Morgan fingerprint density at radius 1 is 1.32 bits per heavy atom. The number of aliphatic hydroxyl groups is 1. The molecule has 5 heteroatoms. The van der Waals surface area contributed by atoms with E-state index in [1.165, 1.54) is 6.33 Å². The van der Waals surface area contributed by atoms with Gasteiger partial charge in [0.1, 0.15) is 12.0 Å². The van der Waals surface area contributed by atoms with E-state index in [9.17, 15) is 5.11 Å². The van der Waals surface area contributed by atoms with Crippen LogP contribution in [-0.2, 0) is 0 Å². The third kappa shape index (κ3) is 3.86. The van der Waals surface area contributed by atoms with E-state index in [2.05, 4.69) is 40.9 Å². The van der Waals surface area contributed by atoms with E-state index < -0.39 is 6.10 Å². The average molecular weight is 260 g/mol. The van der Waals surface area contributed by atoms with Crippen LogP contribution in [0.1, 0.15) is 45.4 Å². The van der Waals surface area contributed by atoms with Crippen molar-refractivity contribution in [2.24, 2.45) is 5.41 Å². The topological polar surface area (TPSA) is 74.7 Å². The second kappa shape index (κ2) is 5.48. The van der Waals surface area contributed by atoms with E-state index in [1.807, 2.05) is 18.2 Å². The first kappa shape index (κ1) is 13.7. The van der Waals surface area contributed by atoms with Crippen LogP contribution in [0.25, 0.3) is 11.5 Å². The van der Waals surface area contributed by atoms with Crippen LogP contribution in [0.15, 0.2) is 24.5 Å². The van der Waals surface area contributed by atoms with Crippen LogP contribution >= 0.6 is 0 Å². The molecule has 19 heavy (non-hydrogen) atoms. The second-order valence-electron chi connectivity index (χ2n) is 5.90. The van der Waals surface area contributed by atoms with Crippen LogP contribution in [-0.4, -0.2) is 25.3 Å². The van der Waals surface area contributed by atoms with Crippen LogP contribution in [0.3, 0.4) is 0 Å². The number of aliphatic hydroxyl groups excluding tert-OH is 1. The molecule has 0 aliphatic carbocycles. The average Bonchev–Trinajstić information content (AvgIpc) is 2.89. The second-order valence-corrected chi connectivity index (χ2v) is 5.90. The Morgan fingerprint density at radius 3 is 2.74 bits per heavy atom. The third-order valence-electron chi connectivity index (χ3n) is 2.94. The molecule has 0 aliphatic rings. The fraction of sp³-hybridized carbons (Fsp3) is 0.500. The zero-order valence-electron chi connectivity index (χ0n) is 11.6. The van der Waals surface area contributed by atoms with Gasteiger partial charge >= 0.3 is 0 Å². The summed E-state index contributed by atoms with van der Waals surface area (Å²) < 4.78 is 0. The summed E-state index contributed by atoms with van der Waals surface area (Å²) in [5.74, 6) is 0.616. The Hall–Kier alpha value is -1.75. The van der Waals surface area contributed by atoms with Gasteiger partial charge in [-0.3, -0.25) is 5.10 Å². The summed E-state index contributed by atoms with van der Waals surface area (Å²) in [7, 11) is 0. The molecule has 2 heterocycles. The van der Waals surface area contributed by atoms with Crippen molar-refractivity contribution < 1.29 is 5.11 Å². The zero-order valence-corrected chi connectivity index (χ0v) is 11.6. The van der Waals surface area contributed by atoms with Crippen LogP contribution < -0.4 is 0 Å². The molecule has 2 aromatic heterocycles. The Kier molecular flexibility index (Phi) is 3.95. The van der Waals surface area contributed by atoms with Gasteiger partial charge in [-0.05, 0) is 30.4 Å². The maximum atomic E-state index is 10.2. The number of H-pyrrole nitrogens is 1. The number of hydrogen-bond donors (Lipinski definition) is 2. The maximum absolute atomic E-state index is 10.2. The highest BCUT2D eigenvalue weighted by atomic mass is 16.3. The normalized spacial score (nSPS) is 13.5. The van der Waals surface area contributed by atoms with Crippen molar-refractivity contribution in [1.82, 2.24) is 20.2 Å². The van der Waals surface area contributed by atoms with Gasteiger partial charge in [-0.25, -0.2) is 9.97 Å². The molecule has 0 radical (unpaired) electrons. The van der Waals surface area contributed by atoms with E-state index in [1.54, 1.807) is 0 Å². The first-order chi connectivity index (χ1) is 8.96. The molecule has 0 spiro atoms. The van der Waals surface area contributed by atoms with Gasteiger partial charge in [0.2, 0.25) is 0 Å². The third-order valence-corrected chi connectivity index (χ3v) is 2.94. The minimum atomic E-state index is -0.540. The van der Waals surface area contributed by atoms with E-state index in [4.69, 9.17) is 0 Å². The van der Waals surface area contributed by atoms with Crippen molar-refractivity contribution in [3.05, 3.63) is 30.2 Å². The smallest absolute Gasteiger partial charge is 0.174 e. The first-order valence-corrected chi connectivity index (χ1v) is 6.46. The summed E-state index contributed by atoms with van der Waals surface area (Å²) in [4.78, 5) is 8.49. The van der Waals surface area contributed by atoms with Crippen LogP contribution in [0.2, 0.25) is 0 Å². The quantitative estimate of drug-likeness (QED) is 0.886. The van der Waals surface area contributed by atoms with Crippen molar-refractivity contribution in [2.45, 2.75) is 39.7 Å². The highest BCUT2D eigenvalue weighted by molar-refractivity contribution is 5.48. The number of nitrogens with one attached hydrogen (secondary N) is 1. The van der Waals surface area contributed by atoms with Gasteiger partial charge in [0.05, 0.1) is 11.8 Å². The minimum Gasteiger partial charge on any atom is -0.387 e. The van der Waals surface area contributed by atoms with Crippen LogP contribution in [0.5, 0.6) is 0 Å². The standard InChI is InChI=1S/C14H20N4O/c1-14(2,3)8-7-12(19)10-5-4-6-11(17-10)13-15-9-16-18-13/h4-6,9,12,19H,7-8H2,1-3H3,(H,15,16,18)/t12-/m0/s1. The highest BCUT2D eigenvalue weighted by Crippen LogP contribution is 2.27. The Balaban J connectivity index is 2.10. The lowest BCUT2D eigenvalue weighted by Crippen LogP contribution is -2.09. The summed E-state index contributed by atoms with van der Waals surface area (Å²) in [5.41, 5.74) is 1.59. The molecule has 2 aromatic rings. The van der Waals surface area contributed by atoms with Gasteiger partial charge in [0, 0.05) is 0 Å². The van der Waals surface area contributed by atoms with Gasteiger partial charge < -0.3 is 5.11 Å². The lowest BCUT2D eigenvalue weighted by molar-refractivity contribution is 0.143. The van der Waals surface area contributed by atoms with Crippen molar-refractivity contribution in [1.29, 1.82) is 0 Å². The molecule has 0 amide bonds. The summed E-state index contributed by atoms with van der Waals surface area (Å²) in [6, 6.07) is 5.56. The van der Waals surface area contributed by atoms with E-state index >= 15 is 0 Å². The van der Waals surface area contributed by atoms with Crippen LogP contribution in [0, 0.1) is 5.41 Å². The predicted octanol–water partition coefficient (Wildman–Crippen LogP) is 2.73. The molecule has 2 rings (SSSR count). The largest absolute Gasteiger partial charge is 0.387 e. The molecule has 0 bridgehead atoms. The molecular formula is C14H20N4O. The van der Waals surface area contributed by atoms with Gasteiger partial charge in [0.15, 0.2) is 5.82 Å². The van der Waals surface area contributed by atoms with Gasteiger partial charge in [-0.1, -0.05) is 26.8 Å². The summed E-state index contributed by atoms with van der Waals surface area (Å²) >= 11 is 0. The molecule has 2 N–H and O–H groups in total. The monoisotopic (exact) mass is 260 g/mol. The van der Waals surface area contributed by atoms with Crippen molar-refractivity contribution in [3.63, 3.8) is 0 Å². The number of pyridine rings is 1. The SMILES string of the molecule is CC(C)(C)CC[C@H](O)c1cccc(-c2ncn[nH]2)n1. The molecule has 0 saturated carbocycles. The molecule has 1 atom stereocenters. The van der Waals surface area contributed by atoms with Crippen molar-refractivity contribution in [3.8, 4) is 11.5 Å². The fourth-order valence-electron chi connectivity index (χ4n) is 1.82. The van der Waals surface area contributed by atoms with E-state index in [0.29, 0.717) is 23.6 Å². The number of nitrogens with zero attached hydrogens (tertiary/aromatic N) is 3. The van der Waals surface area contributed by atoms with Gasteiger partial charge in [-0.15, -0.1) is 0 Å². The van der Waals surface area contributed by atoms with Crippen molar-refractivity contribution >= 4 is 0 Å². The van der Waals surface area contributed by atoms with Gasteiger partial charge in [0.25, 0.3) is 0 Å². The molecular weight excluding hydrogens is 240 g/mol.